The number of hydrogen-bond acceptors (Lipinski definition) is 2. The molecule has 26 heavy (non-hydrogen) atoms. The molecule has 0 atom stereocenters. The van der Waals surface area contributed by atoms with E-state index in [9.17, 15) is 9.59 Å². The summed E-state index contributed by atoms with van der Waals surface area (Å²) in [4.78, 5) is 24.9. The zero-order valence-corrected chi connectivity index (χ0v) is 14.7. The number of rotatable bonds is 4. The van der Waals surface area contributed by atoms with E-state index in [1.54, 1.807) is 24.3 Å². The van der Waals surface area contributed by atoms with Crippen LogP contribution >= 0.6 is 0 Å². The Balaban J connectivity index is 1.74. The molecule has 0 aliphatic carbocycles. The van der Waals surface area contributed by atoms with Crippen molar-refractivity contribution in [1.82, 2.24) is 0 Å². The van der Waals surface area contributed by atoms with Crippen molar-refractivity contribution in [2.24, 2.45) is 0 Å². The van der Waals surface area contributed by atoms with Crippen molar-refractivity contribution in [3.05, 3.63) is 95.1 Å². The van der Waals surface area contributed by atoms with Gasteiger partial charge in [0, 0.05) is 22.5 Å². The molecule has 0 aliphatic rings. The third-order valence-corrected chi connectivity index (χ3v) is 4.18. The molecule has 3 rings (SSSR count). The molecule has 0 saturated carbocycles. The summed E-state index contributed by atoms with van der Waals surface area (Å²) < 4.78 is 0. The molecule has 0 heterocycles. The summed E-state index contributed by atoms with van der Waals surface area (Å²) in [6.45, 7) is 4.02. The lowest BCUT2D eigenvalue weighted by molar-refractivity contribution is 0.102. The van der Waals surface area contributed by atoms with Crippen LogP contribution in [0, 0.1) is 13.8 Å². The van der Waals surface area contributed by atoms with Gasteiger partial charge in [-0.3, -0.25) is 9.59 Å². The van der Waals surface area contributed by atoms with Gasteiger partial charge in [0.15, 0.2) is 0 Å². The van der Waals surface area contributed by atoms with Crippen LogP contribution in [0.2, 0.25) is 0 Å². The molecule has 3 aromatic carbocycles. The summed E-state index contributed by atoms with van der Waals surface area (Å²) in [7, 11) is 0. The topological polar surface area (TPSA) is 58.2 Å². The molecule has 4 nitrogen and oxygen atoms in total. The Bertz CT molecular complexity index is 949. The van der Waals surface area contributed by atoms with Crippen LogP contribution in [0.1, 0.15) is 31.8 Å². The Hall–Kier alpha value is -3.40. The molecule has 0 aromatic heterocycles. The molecule has 2 amide bonds. The number of carbonyl (C=O) groups excluding carboxylic acids is 2. The quantitative estimate of drug-likeness (QED) is 0.714. The predicted molar refractivity (Wildman–Crippen MR) is 105 cm³/mol. The van der Waals surface area contributed by atoms with Gasteiger partial charge in [0.05, 0.1) is 0 Å². The van der Waals surface area contributed by atoms with Crippen LogP contribution in [0.15, 0.2) is 72.8 Å². The number of carbonyl (C=O) groups is 2. The van der Waals surface area contributed by atoms with Gasteiger partial charge in [-0.25, -0.2) is 0 Å². The Kier molecular flexibility index (Phi) is 5.13. The number of benzene rings is 3. The first kappa shape index (κ1) is 17.4. The van der Waals surface area contributed by atoms with Gasteiger partial charge in [-0.15, -0.1) is 0 Å². The number of anilines is 2. The molecule has 4 heteroatoms. The van der Waals surface area contributed by atoms with Crippen molar-refractivity contribution in [2.45, 2.75) is 13.8 Å². The van der Waals surface area contributed by atoms with Crippen molar-refractivity contribution >= 4 is 23.2 Å². The number of nitrogens with one attached hydrogen (secondary N) is 2. The molecule has 0 aliphatic heterocycles. The molecule has 0 saturated heterocycles. The SMILES string of the molecule is Cc1ccc(NC(=O)c2cccc(C(=O)Nc3ccccc3)c2)cc1C. The van der Waals surface area contributed by atoms with Crippen LogP contribution in [0.5, 0.6) is 0 Å². The Labute approximate surface area is 152 Å². The lowest BCUT2D eigenvalue weighted by atomic mass is 10.1. The largest absolute Gasteiger partial charge is 0.322 e. The maximum absolute atomic E-state index is 12.5. The van der Waals surface area contributed by atoms with Gasteiger partial charge in [-0.1, -0.05) is 30.3 Å². The zero-order chi connectivity index (χ0) is 18.5. The Morgan fingerprint density at radius 1 is 0.615 bits per heavy atom. The van der Waals surface area contributed by atoms with Crippen LogP contribution < -0.4 is 10.6 Å². The van der Waals surface area contributed by atoms with Crippen LogP contribution in [0.4, 0.5) is 11.4 Å². The van der Waals surface area contributed by atoms with Crippen molar-refractivity contribution in [1.29, 1.82) is 0 Å². The van der Waals surface area contributed by atoms with E-state index in [1.807, 2.05) is 62.4 Å². The van der Waals surface area contributed by atoms with Crippen molar-refractivity contribution < 1.29 is 9.59 Å². The van der Waals surface area contributed by atoms with E-state index in [0.717, 1.165) is 11.3 Å². The molecular weight excluding hydrogens is 324 g/mol. The summed E-state index contributed by atoms with van der Waals surface area (Å²) >= 11 is 0. The third-order valence-electron chi connectivity index (χ3n) is 4.18. The normalized spacial score (nSPS) is 10.2. The average molecular weight is 344 g/mol. The van der Waals surface area contributed by atoms with Crippen LogP contribution in [-0.2, 0) is 0 Å². The molecule has 0 bridgehead atoms. The van der Waals surface area contributed by atoms with E-state index < -0.39 is 0 Å². The number of hydrogen-bond donors (Lipinski definition) is 2. The monoisotopic (exact) mass is 344 g/mol. The Morgan fingerprint density at radius 3 is 1.85 bits per heavy atom. The van der Waals surface area contributed by atoms with E-state index in [0.29, 0.717) is 16.8 Å². The second-order valence-electron chi connectivity index (χ2n) is 6.15. The summed E-state index contributed by atoms with van der Waals surface area (Å²) in [5.74, 6) is -0.500. The number of amides is 2. The Morgan fingerprint density at radius 2 is 1.23 bits per heavy atom. The van der Waals surface area contributed by atoms with Gasteiger partial charge in [0.25, 0.3) is 11.8 Å². The highest BCUT2D eigenvalue weighted by atomic mass is 16.2. The first-order chi connectivity index (χ1) is 12.5. The van der Waals surface area contributed by atoms with Gasteiger partial charge in [-0.05, 0) is 67.4 Å². The van der Waals surface area contributed by atoms with E-state index >= 15 is 0 Å². The first-order valence-electron chi connectivity index (χ1n) is 8.38. The second-order valence-corrected chi connectivity index (χ2v) is 6.15. The summed E-state index contributed by atoms with van der Waals surface area (Å²) in [5, 5.41) is 5.69. The van der Waals surface area contributed by atoms with Crippen molar-refractivity contribution in [3.63, 3.8) is 0 Å². The molecule has 3 aromatic rings. The summed E-state index contributed by atoms with van der Waals surface area (Å²) in [6, 6.07) is 21.6. The average Bonchev–Trinajstić information content (AvgIpc) is 2.65. The standard InChI is InChI=1S/C22H20N2O2/c1-15-11-12-20(13-16(15)2)24-22(26)18-8-6-7-17(14-18)21(25)23-19-9-4-3-5-10-19/h3-14H,1-2H3,(H,23,25)(H,24,26). The van der Waals surface area contributed by atoms with Gasteiger partial charge in [0.1, 0.15) is 0 Å². The van der Waals surface area contributed by atoms with Crippen LogP contribution in [0.3, 0.4) is 0 Å². The van der Waals surface area contributed by atoms with Gasteiger partial charge >= 0.3 is 0 Å². The van der Waals surface area contributed by atoms with Crippen molar-refractivity contribution in [3.8, 4) is 0 Å². The van der Waals surface area contributed by atoms with Gasteiger partial charge < -0.3 is 10.6 Å². The number of aryl methyl sites for hydroxylation is 2. The third kappa shape index (κ3) is 4.16. The molecule has 2 N–H and O–H groups in total. The van der Waals surface area contributed by atoms with Crippen molar-refractivity contribution in [2.75, 3.05) is 10.6 Å². The predicted octanol–water partition coefficient (Wildman–Crippen LogP) is 4.81. The molecule has 130 valence electrons. The molecule has 0 unspecified atom stereocenters. The van der Waals surface area contributed by atoms with Crippen LogP contribution in [-0.4, -0.2) is 11.8 Å². The van der Waals surface area contributed by atoms with E-state index in [2.05, 4.69) is 10.6 Å². The van der Waals surface area contributed by atoms with E-state index in [-0.39, 0.29) is 11.8 Å². The first-order valence-corrected chi connectivity index (χ1v) is 8.38. The zero-order valence-electron chi connectivity index (χ0n) is 14.7. The van der Waals surface area contributed by atoms with E-state index in [1.165, 1.54) is 5.56 Å². The molecule has 0 spiro atoms. The lowest BCUT2D eigenvalue weighted by Gasteiger charge is -2.09. The van der Waals surface area contributed by atoms with Crippen LogP contribution in [0.25, 0.3) is 0 Å². The molecule has 0 fully saturated rings. The van der Waals surface area contributed by atoms with Gasteiger partial charge in [-0.2, -0.15) is 0 Å². The highest BCUT2D eigenvalue weighted by Crippen LogP contribution is 2.16. The fraction of sp³-hybridized carbons (Fsp3) is 0.0909. The number of para-hydroxylation sites is 1. The summed E-state index contributed by atoms with van der Waals surface area (Å²) in [5.41, 5.74) is 4.59. The minimum Gasteiger partial charge on any atom is -0.322 e. The molecule has 0 radical (unpaired) electrons. The maximum atomic E-state index is 12.5. The van der Waals surface area contributed by atoms with Gasteiger partial charge in [0.2, 0.25) is 0 Å². The highest BCUT2D eigenvalue weighted by Gasteiger charge is 2.11. The second kappa shape index (κ2) is 7.66. The minimum atomic E-state index is -0.253. The molecular formula is C22H20N2O2. The summed E-state index contributed by atoms with van der Waals surface area (Å²) in [6.07, 6.45) is 0. The maximum Gasteiger partial charge on any atom is 0.255 e. The fourth-order valence-corrected chi connectivity index (χ4v) is 2.55. The highest BCUT2D eigenvalue weighted by molar-refractivity contribution is 6.08. The smallest absolute Gasteiger partial charge is 0.255 e. The fourth-order valence-electron chi connectivity index (χ4n) is 2.55. The lowest BCUT2D eigenvalue weighted by Crippen LogP contribution is -2.15. The minimum absolute atomic E-state index is 0.248. The van der Waals surface area contributed by atoms with E-state index in [4.69, 9.17) is 0 Å².